The van der Waals surface area contributed by atoms with Gasteiger partial charge in [0.05, 0.1) is 72.1 Å². The van der Waals surface area contributed by atoms with Gasteiger partial charge in [-0.2, -0.15) is 0 Å². The normalized spacial score (nSPS) is 18.1. The van der Waals surface area contributed by atoms with Gasteiger partial charge in [-0.15, -0.1) is 0 Å². The summed E-state index contributed by atoms with van der Waals surface area (Å²) >= 11 is 0. The van der Waals surface area contributed by atoms with Crippen LogP contribution in [-0.2, 0) is 38.1 Å². The third-order valence-electron chi connectivity index (χ3n) is 6.53. The predicted molar refractivity (Wildman–Crippen MR) is 161 cm³/mol. The Morgan fingerprint density at radius 2 is 0.614 bits per heavy atom. The minimum absolute atomic E-state index is 0.0214. The average molecular weight is 597 g/mol. The fourth-order valence-electron chi connectivity index (χ4n) is 4.74. The minimum atomic E-state index is -0.700. The van der Waals surface area contributed by atoms with Crippen LogP contribution in [0.3, 0.4) is 0 Å². The van der Waals surface area contributed by atoms with Crippen LogP contribution in [0, 0.1) is 0 Å². The zero-order chi connectivity index (χ0) is 31.4. The smallest absolute Gasteiger partial charge is 0.342 e. The molecule has 0 saturated carbocycles. The molecule has 0 saturated heterocycles. The molecular formula is C32H28N4O8. The van der Waals surface area contributed by atoms with Crippen molar-refractivity contribution < 1.29 is 38.1 Å². The topological polar surface area (TPSA) is 155 Å². The van der Waals surface area contributed by atoms with Crippen LogP contribution in [0.15, 0.2) is 114 Å². The van der Waals surface area contributed by atoms with Crippen molar-refractivity contribution in [3.05, 3.63) is 93.7 Å². The van der Waals surface area contributed by atoms with Gasteiger partial charge < -0.3 is 18.9 Å². The van der Waals surface area contributed by atoms with E-state index in [4.69, 9.17) is 18.9 Å². The number of allylic oxidation sites excluding steroid dienone is 8. The molecule has 5 rings (SSSR count). The standard InChI is InChI=1S/C32H28N4O8/c1-5-41-29(37)25-17-9-11-19(33-17)26(30(38)42-6-2)21-13-15-23(35-21)28(32(40)44-8-4)24-16-14-22(36-24)27(31(39)43-7-3)20-12-10-18(25)34-20/h9-16H,5-8H2,1-4H3. The number of nitrogens with zero attached hydrogens (tertiary/aromatic N) is 4. The molecule has 0 atom stereocenters. The van der Waals surface area contributed by atoms with Crippen molar-refractivity contribution >= 4 is 46.7 Å². The molecule has 12 heteroatoms. The molecule has 0 spiro atoms. The molecule has 0 unspecified atom stereocenters. The number of carbonyl (C=O) groups is 4. The van der Waals surface area contributed by atoms with Crippen LogP contribution in [-0.4, -0.2) is 73.2 Å². The van der Waals surface area contributed by atoms with Crippen LogP contribution in [0.2, 0.25) is 0 Å². The zero-order valence-corrected chi connectivity index (χ0v) is 24.5. The summed E-state index contributed by atoms with van der Waals surface area (Å²) in [6.07, 6.45) is 12.4. The molecule has 5 aliphatic rings. The third kappa shape index (κ3) is 5.61. The van der Waals surface area contributed by atoms with Gasteiger partial charge in [-0.3, -0.25) is 0 Å². The SMILES string of the molecule is CCOC(=O)C1=C2C=CC(=N2)C(C(=O)OCC)=C2C=CC(=N2)C(C(=O)OCC)=C2C=CC(=N2)C(C(=O)OCC)=C2C=CC1=N2. The number of carbonyl (C=O) groups excluding carboxylic acids is 4. The summed E-state index contributed by atoms with van der Waals surface area (Å²) < 4.78 is 21.3. The maximum Gasteiger partial charge on any atom is 0.342 e. The summed E-state index contributed by atoms with van der Waals surface area (Å²) in [5.74, 6) is -2.80. The van der Waals surface area contributed by atoms with Crippen LogP contribution in [0.25, 0.3) is 0 Å². The van der Waals surface area contributed by atoms with Crippen molar-refractivity contribution in [2.24, 2.45) is 20.0 Å². The lowest BCUT2D eigenvalue weighted by molar-refractivity contribution is -0.138. The summed E-state index contributed by atoms with van der Waals surface area (Å²) in [6, 6.07) is 0. The number of rotatable bonds is 8. The summed E-state index contributed by atoms with van der Waals surface area (Å²) in [5, 5.41) is 0. The molecule has 0 aromatic carbocycles. The molecular weight excluding hydrogens is 568 g/mol. The Morgan fingerprint density at radius 3 is 0.795 bits per heavy atom. The Hall–Kier alpha value is -5.52. The Balaban J connectivity index is 1.85. The molecule has 5 aliphatic heterocycles. The fourth-order valence-corrected chi connectivity index (χ4v) is 4.74. The van der Waals surface area contributed by atoms with Gasteiger partial charge in [0, 0.05) is 0 Å². The third-order valence-corrected chi connectivity index (χ3v) is 6.53. The van der Waals surface area contributed by atoms with E-state index in [0.717, 1.165) is 0 Å². The minimum Gasteiger partial charge on any atom is -0.462 e. The van der Waals surface area contributed by atoms with Crippen molar-refractivity contribution in [2.45, 2.75) is 27.7 Å². The number of hydrogen-bond acceptors (Lipinski definition) is 12. The van der Waals surface area contributed by atoms with Crippen molar-refractivity contribution in [1.82, 2.24) is 0 Å². The van der Waals surface area contributed by atoms with E-state index >= 15 is 0 Å². The van der Waals surface area contributed by atoms with E-state index < -0.39 is 23.9 Å². The molecule has 0 aromatic heterocycles. The van der Waals surface area contributed by atoms with Gasteiger partial charge in [0.2, 0.25) is 0 Å². The Kier molecular flexibility index (Phi) is 8.70. The lowest BCUT2D eigenvalue weighted by Gasteiger charge is -2.10. The summed E-state index contributed by atoms with van der Waals surface area (Å²) in [6.45, 7) is 7.01. The Morgan fingerprint density at radius 1 is 0.409 bits per heavy atom. The van der Waals surface area contributed by atoms with Crippen molar-refractivity contribution in [3.63, 3.8) is 0 Å². The highest BCUT2D eigenvalue weighted by Crippen LogP contribution is 2.31. The molecule has 0 N–H and O–H groups in total. The van der Waals surface area contributed by atoms with E-state index in [2.05, 4.69) is 20.0 Å². The summed E-state index contributed by atoms with van der Waals surface area (Å²) in [5.41, 5.74) is 1.49. The van der Waals surface area contributed by atoms with E-state index in [1.54, 1.807) is 76.3 Å². The van der Waals surface area contributed by atoms with Crippen molar-refractivity contribution in [2.75, 3.05) is 26.4 Å². The fraction of sp³-hybridized carbons (Fsp3) is 0.250. The molecule has 5 heterocycles. The van der Waals surface area contributed by atoms with Crippen LogP contribution < -0.4 is 0 Å². The first-order chi connectivity index (χ1) is 21.3. The number of ether oxygens (including phenoxy) is 4. The molecule has 12 nitrogen and oxygen atoms in total. The van der Waals surface area contributed by atoms with Crippen molar-refractivity contribution in [3.8, 4) is 0 Å². The number of hydrogen-bond donors (Lipinski definition) is 0. The molecule has 0 amide bonds. The average Bonchev–Trinajstić information content (AvgIpc) is 3.80. The molecule has 0 aliphatic carbocycles. The number of esters is 4. The first kappa shape index (κ1) is 30.0. The zero-order valence-electron chi connectivity index (χ0n) is 24.5. The maximum atomic E-state index is 13.2. The largest absolute Gasteiger partial charge is 0.462 e. The first-order valence-corrected chi connectivity index (χ1v) is 14.0. The Labute approximate surface area is 252 Å². The second kappa shape index (κ2) is 12.8. The highest BCUT2D eigenvalue weighted by molar-refractivity contribution is 6.33. The van der Waals surface area contributed by atoms with Gasteiger partial charge in [0.25, 0.3) is 0 Å². The number of aliphatic imine (C=N–C) groups is 4. The van der Waals surface area contributed by atoms with Gasteiger partial charge in [-0.05, 0) is 76.3 Å². The first-order valence-electron chi connectivity index (χ1n) is 14.0. The van der Waals surface area contributed by atoms with E-state index in [1.165, 1.54) is 0 Å². The van der Waals surface area contributed by atoms with Gasteiger partial charge in [-0.25, -0.2) is 39.1 Å². The quantitative estimate of drug-likeness (QED) is 0.305. The summed E-state index contributed by atoms with van der Waals surface area (Å²) in [4.78, 5) is 71.3. The van der Waals surface area contributed by atoms with Crippen molar-refractivity contribution in [1.29, 1.82) is 0 Å². The second-order valence-corrected chi connectivity index (χ2v) is 9.24. The highest BCUT2D eigenvalue weighted by Gasteiger charge is 2.33. The van der Waals surface area contributed by atoms with Gasteiger partial charge in [-0.1, -0.05) is 0 Å². The maximum absolute atomic E-state index is 13.2. The van der Waals surface area contributed by atoms with E-state index in [0.29, 0.717) is 0 Å². The summed E-state index contributed by atoms with van der Waals surface area (Å²) in [7, 11) is 0. The lowest BCUT2D eigenvalue weighted by atomic mass is 10.1. The molecule has 0 radical (unpaired) electrons. The monoisotopic (exact) mass is 596 g/mol. The van der Waals surface area contributed by atoms with Gasteiger partial charge in [0.1, 0.15) is 22.3 Å². The Bertz CT molecular complexity index is 1500. The predicted octanol–water partition coefficient (Wildman–Crippen LogP) is 3.31. The molecule has 8 bridgehead atoms. The van der Waals surface area contributed by atoms with Crippen LogP contribution in [0.1, 0.15) is 27.7 Å². The molecule has 0 aromatic rings. The van der Waals surface area contributed by atoms with Gasteiger partial charge >= 0.3 is 23.9 Å². The lowest BCUT2D eigenvalue weighted by Crippen LogP contribution is -2.18. The molecule has 0 fully saturated rings. The second-order valence-electron chi connectivity index (χ2n) is 9.24. The highest BCUT2D eigenvalue weighted by atomic mass is 16.5. The van der Waals surface area contributed by atoms with E-state index in [1.807, 2.05) is 0 Å². The van der Waals surface area contributed by atoms with Crippen LogP contribution in [0.4, 0.5) is 0 Å². The van der Waals surface area contributed by atoms with Crippen LogP contribution in [0.5, 0.6) is 0 Å². The molecule has 224 valence electrons. The molecule has 44 heavy (non-hydrogen) atoms. The number of fused-ring (bicyclic) bond motifs is 4. The van der Waals surface area contributed by atoms with Gasteiger partial charge in [0.15, 0.2) is 0 Å². The van der Waals surface area contributed by atoms with Crippen LogP contribution >= 0.6 is 0 Å². The van der Waals surface area contributed by atoms with E-state index in [9.17, 15) is 19.2 Å². The van der Waals surface area contributed by atoms with E-state index in [-0.39, 0.29) is 94.4 Å².